The van der Waals surface area contributed by atoms with Crippen LogP contribution in [0.3, 0.4) is 0 Å². The average molecular weight is 964 g/mol. The average Bonchev–Trinajstić information content (AvgIpc) is 3.15. The van der Waals surface area contributed by atoms with Crippen molar-refractivity contribution in [2.45, 2.75) is 0 Å². The molecule has 0 radical (unpaired) electrons. The maximum Gasteiger partial charge on any atom is 1.00 e. The standard InChI is InChI=1S/5C7H6O5.Na.Zr/c5*8-4-1-3(7(11)12)2-5(9)6(4)10;;/h5*1-2,8-10H,(H,11,12);;/q;;;;;+1;/p-1. The van der Waals surface area contributed by atoms with E-state index in [-0.39, 0.29) is 78.0 Å². The zero-order valence-electron chi connectivity index (χ0n) is 30.7. The maximum absolute atomic E-state index is 10.3. The Kier molecular flexibility index (Phi) is 22.2. The third-order valence-corrected chi connectivity index (χ3v) is 6.57. The van der Waals surface area contributed by atoms with Gasteiger partial charge in [0.2, 0.25) is 0 Å². The Morgan fingerprint density at radius 1 is 0.290 bits per heavy atom. The summed E-state index contributed by atoms with van der Waals surface area (Å²) < 4.78 is 0. The molecule has 0 aromatic heterocycles. The first-order valence-electron chi connectivity index (χ1n) is 15.0. The van der Waals surface area contributed by atoms with Gasteiger partial charge in [0.05, 0.1) is 28.2 Å². The molecule has 0 unspecified atom stereocenters. The van der Waals surface area contributed by atoms with Crippen LogP contribution in [0, 0.1) is 0 Å². The van der Waals surface area contributed by atoms with Crippen molar-refractivity contribution >= 4 is 29.8 Å². The van der Waals surface area contributed by atoms with E-state index in [4.69, 9.17) is 97.0 Å². The first-order chi connectivity index (χ1) is 27.6. The summed E-state index contributed by atoms with van der Waals surface area (Å²) in [4.78, 5) is 51.5. The van der Waals surface area contributed by atoms with E-state index in [1.165, 1.54) is 0 Å². The van der Waals surface area contributed by atoms with Crippen molar-refractivity contribution in [3.05, 3.63) is 88.5 Å². The number of phenolic OH excluding ortho intramolecular Hbond substituents is 15. The number of aromatic carboxylic acids is 5. The molecule has 5 aromatic rings. The van der Waals surface area contributed by atoms with E-state index < -0.39 is 122 Å². The van der Waals surface area contributed by atoms with Crippen LogP contribution in [-0.4, -0.2) is 127 Å². The number of carboxylic acid groups (broad SMARTS) is 5. The molecule has 0 aliphatic heterocycles. The number of phenols is 15. The largest absolute Gasteiger partial charge is 1.00 e. The van der Waals surface area contributed by atoms with Gasteiger partial charge in [-0.15, -0.1) is 0 Å². The van der Waals surface area contributed by atoms with Crippen molar-refractivity contribution in [2.75, 3.05) is 0 Å². The second-order valence-electron chi connectivity index (χ2n) is 10.8. The molecule has 0 saturated heterocycles. The predicted octanol–water partition coefficient (Wildman–Crippen LogP) is -1.83. The zero-order valence-corrected chi connectivity index (χ0v) is 35.2. The summed E-state index contributed by atoms with van der Waals surface area (Å²) in [6.07, 6.45) is 0. The monoisotopic (exact) mass is 962 g/mol. The SMILES string of the molecule is O=C(O)c1cc(O)c(O)c(O)c1.O=C(O)c1cc(O)c(O)c(O)c1.O=C(O)c1cc(O)c(O)c(O)c1.O=C(O)c1cc(O)c(O)c(O)c1.O=C([O-])c1cc(O)c(O)c(O)c1.[Na+].[Zr]. The molecule has 0 amide bonds. The van der Waals surface area contributed by atoms with Gasteiger partial charge in [-0.05, 0) is 60.7 Å². The number of carboxylic acids is 5. The molecule has 19 N–H and O–H groups in total. The number of hydrogen-bond donors (Lipinski definition) is 19. The van der Waals surface area contributed by atoms with Crippen LogP contribution in [0.1, 0.15) is 51.8 Å². The van der Waals surface area contributed by atoms with Crippen LogP contribution in [0.5, 0.6) is 86.2 Å². The third-order valence-electron chi connectivity index (χ3n) is 6.57. The molecule has 25 nitrogen and oxygen atoms in total. The number of benzene rings is 5. The van der Waals surface area contributed by atoms with E-state index in [2.05, 4.69) is 0 Å². The first kappa shape index (κ1) is 56.4. The fourth-order valence-corrected chi connectivity index (χ4v) is 3.63. The number of carbonyl (C=O) groups excluding carboxylic acids is 1. The molecule has 62 heavy (non-hydrogen) atoms. The van der Waals surface area contributed by atoms with Crippen molar-refractivity contribution in [1.29, 1.82) is 0 Å². The van der Waals surface area contributed by atoms with Crippen LogP contribution in [0.15, 0.2) is 60.7 Å². The summed E-state index contributed by atoms with van der Waals surface area (Å²) in [5.74, 6) is -17.0. The van der Waals surface area contributed by atoms with E-state index in [1.54, 1.807) is 0 Å². The molecule has 0 bridgehead atoms. The molecule has 0 aliphatic rings. The quantitative estimate of drug-likeness (QED) is 0.0681. The van der Waals surface area contributed by atoms with Gasteiger partial charge in [-0.25, -0.2) is 19.2 Å². The summed E-state index contributed by atoms with van der Waals surface area (Å²) in [5.41, 5.74) is -1.56. The summed E-state index contributed by atoms with van der Waals surface area (Å²) >= 11 is 0. The minimum atomic E-state index is -1.54. The van der Waals surface area contributed by atoms with Gasteiger partial charge in [0, 0.05) is 31.8 Å². The van der Waals surface area contributed by atoms with Gasteiger partial charge >= 0.3 is 53.4 Å². The minimum absolute atomic E-state index is 0. The molecule has 0 spiro atoms. The second-order valence-corrected chi connectivity index (χ2v) is 10.8. The Bertz CT molecular complexity index is 1940. The van der Waals surface area contributed by atoms with Crippen LogP contribution in [0.25, 0.3) is 0 Å². The molecular formula is C35H29NaO25Zr. The second kappa shape index (κ2) is 24.4. The maximum atomic E-state index is 10.3. The number of hydrogen-bond acceptors (Lipinski definition) is 21. The van der Waals surface area contributed by atoms with Gasteiger partial charge in [-0.2, -0.15) is 0 Å². The van der Waals surface area contributed by atoms with E-state index in [1.807, 2.05) is 0 Å². The fraction of sp³-hybridized carbons (Fsp3) is 0. The van der Waals surface area contributed by atoms with Gasteiger partial charge in [-0.3, -0.25) is 0 Å². The Morgan fingerprint density at radius 3 is 0.500 bits per heavy atom. The Labute approximate surface area is 384 Å². The molecule has 0 heterocycles. The topological polar surface area (TPSA) is 493 Å². The predicted molar refractivity (Wildman–Crippen MR) is 189 cm³/mol. The van der Waals surface area contributed by atoms with Crippen LogP contribution >= 0.6 is 0 Å². The van der Waals surface area contributed by atoms with E-state index in [0.717, 1.165) is 60.7 Å². The molecule has 0 saturated carbocycles. The summed E-state index contributed by atoms with van der Waals surface area (Å²) in [6.45, 7) is 0. The summed E-state index contributed by atoms with van der Waals surface area (Å²) in [7, 11) is 0. The summed E-state index contributed by atoms with van der Waals surface area (Å²) in [6, 6.07) is 8.32. The smallest absolute Gasteiger partial charge is 0.545 e. The van der Waals surface area contributed by atoms with Crippen molar-refractivity contribution in [3.63, 3.8) is 0 Å². The van der Waals surface area contributed by atoms with E-state index >= 15 is 0 Å². The molecule has 324 valence electrons. The van der Waals surface area contributed by atoms with Gasteiger partial charge in [0.1, 0.15) is 0 Å². The molecule has 0 fully saturated rings. The number of aromatic hydroxyl groups is 15. The molecule has 0 atom stereocenters. The van der Waals surface area contributed by atoms with E-state index in [9.17, 15) is 29.1 Å². The molecule has 5 rings (SSSR count). The number of carbonyl (C=O) groups is 5. The van der Waals surface area contributed by atoms with Gasteiger partial charge in [0.15, 0.2) is 86.2 Å². The fourth-order valence-electron chi connectivity index (χ4n) is 3.63. The molecule has 27 heteroatoms. The Morgan fingerprint density at radius 2 is 0.403 bits per heavy atom. The Hall–Kier alpha value is -7.67. The first-order valence-corrected chi connectivity index (χ1v) is 15.0. The normalized spacial score (nSPS) is 9.35. The third kappa shape index (κ3) is 16.2. The molecule has 5 aromatic carbocycles. The summed E-state index contributed by atoms with van der Waals surface area (Å²) in [5, 5.41) is 176. The van der Waals surface area contributed by atoms with Crippen LogP contribution < -0.4 is 34.7 Å². The molecular weight excluding hydrogens is 935 g/mol. The van der Waals surface area contributed by atoms with Crippen LogP contribution in [-0.2, 0) is 26.2 Å². The van der Waals surface area contributed by atoms with Gasteiger partial charge in [0.25, 0.3) is 0 Å². The van der Waals surface area contributed by atoms with Gasteiger partial charge < -0.3 is 107 Å². The van der Waals surface area contributed by atoms with Crippen molar-refractivity contribution in [1.82, 2.24) is 0 Å². The zero-order chi connectivity index (χ0) is 46.5. The van der Waals surface area contributed by atoms with Gasteiger partial charge in [-0.1, -0.05) is 0 Å². The number of rotatable bonds is 5. The van der Waals surface area contributed by atoms with Crippen LogP contribution in [0.4, 0.5) is 0 Å². The minimum Gasteiger partial charge on any atom is -0.545 e. The Balaban J connectivity index is 0. The van der Waals surface area contributed by atoms with Crippen molar-refractivity contribution in [2.24, 2.45) is 0 Å². The van der Waals surface area contributed by atoms with E-state index in [0.29, 0.717) is 0 Å². The van der Waals surface area contributed by atoms with Crippen molar-refractivity contribution in [3.8, 4) is 86.2 Å². The molecule has 0 aliphatic carbocycles. The van der Waals surface area contributed by atoms with Crippen LogP contribution in [0.2, 0.25) is 0 Å². The van der Waals surface area contributed by atoms with Crippen molar-refractivity contribution < 1.29 is 182 Å².